The Hall–Kier alpha value is 0.160. The Labute approximate surface area is 80.0 Å². The molecule has 0 aliphatic rings. The topological polar surface area (TPSA) is 71.0 Å². The predicted octanol–water partition coefficient (Wildman–Crippen LogP) is -3.62. The summed E-state index contributed by atoms with van der Waals surface area (Å²) >= 11 is 0. The van der Waals surface area contributed by atoms with Crippen LogP contribution in [0.2, 0.25) is 0 Å². The summed E-state index contributed by atoms with van der Waals surface area (Å²) in [6.45, 7) is 4.02. The van der Waals surface area contributed by atoms with E-state index in [9.17, 15) is 8.42 Å². The van der Waals surface area contributed by atoms with E-state index in [4.69, 9.17) is 0 Å². The molecule has 4 nitrogen and oxygen atoms in total. The number of quaternary nitrogens is 1. The molecule has 0 aliphatic heterocycles. The molecule has 12 heavy (non-hydrogen) atoms. The third kappa shape index (κ3) is 8.26. The molecule has 0 aliphatic carbocycles. The number of halogens is 1. The standard InChI is InChI=1S/C6H15NO3S.ClH/c1-6(2)10-11(8,9)5-3-4-7;/h6H,3-5,7H2,1-2H3;1H. The second-order valence-electron chi connectivity index (χ2n) is 2.61. The lowest BCUT2D eigenvalue weighted by atomic mass is 10.5. The van der Waals surface area contributed by atoms with Gasteiger partial charge in [-0.15, -0.1) is 0 Å². The maximum Gasteiger partial charge on any atom is 0.267 e. The molecular formula is C6H16ClNO3S. The van der Waals surface area contributed by atoms with Crippen molar-refractivity contribution in [2.75, 3.05) is 12.3 Å². The van der Waals surface area contributed by atoms with E-state index in [2.05, 4.69) is 9.92 Å². The van der Waals surface area contributed by atoms with Gasteiger partial charge in [-0.2, -0.15) is 8.42 Å². The zero-order valence-electron chi connectivity index (χ0n) is 7.42. The second kappa shape index (κ2) is 6.65. The lowest BCUT2D eigenvalue weighted by molar-refractivity contribution is -0.367. The summed E-state index contributed by atoms with van der Waals surface area (Å²) in [6.07, 6.45) is 0.305. The van der Waals surface area contributed by atoms with Crippen molar-refractivity contribution in [2.24, 2.45) is 0 Å². The van der Waals surface area contributed by atoms with Crippen LogP contribution < -0.4 is 18.1 Å². The molecule has 0 fully saturated rings. The maximum absolute atomic E-state index is 10.9. The molecular weight excluding hydrogens is 202 g/mol. The molecule has 0 atom stereocenters. The normalized spacial score (nSPS) is 11.3. The smallest absolute Gasteiger partial charge is 0.267 e. The average Bonchev–Trinajstić information content (AvgIpc) is 1.81. The predicted molar refractivity (Wildman–Crippen MR) is 42.4 cm³/mol. The van der Waals surface area contributed by atoms with Crippen molar-refractivity contribution in [1.29, 1.82) is 0 Å². The quantitative estimate of drug-likeness (QED) is 0.484. The van der Waals surface area contributed by atoms with E-state index in [0.717, 1.165) is 0 Å². The first-order chi connectivity index (χ1) is 4.98. The first-order valence-electron chi connectivity index (χ1n) is 3.68. The van der Waals surface area contributed by atoms with E-state index in [0.29, 0.717) is 13.0 Å². The number of hydrogen-bond donors (Lipinski definition) is 1. The summed E-state index contributed by atoms with van der Waals surface area (Å²) in [5.74, 6) is 0.0781. The Bertz CT molecular complexity index is 191. The summed E-state index contributed by atoms with van der Waals surface area (Å²) in [6, 6.07) is 0. The van der Waals surface area contributed by atoms with Crippen LogP contribution in [0.25, 0.3) is 0 Å². The van der Waals surface area contributed by atoms with Gasteiger partial charge in [-0.25, -0.2) is 0 Å². The Kier molecular flexibility index (Phi) is 8.13. The van der Waals surface area contributed by atoms with Crippen LogP contribution >= 0.6 is 0 Å². The van der Waals surface area contributed by atoms with E-state index >= 15 is 0 Å². The van der Waals surface area contributed by atoms with Gasteiger partial charge in [0.25, 0.3) is 10.1 Å². The van der Waals surface area contributed by atoms with Crippen LogP contribution in [-0.2, 0) is 14.3 Å². The van der Waals surface area contributed by atoms with Gasteiger partial charge < -0.3 is 18.1 Å². The fourth-order valence-electron chi connectivity index (χ4n) is 0.620. The summed E-state index contributed by atoms with van der Waals surface area (Å²) < 4.78 is 26.6. The van der Waals surface area contributed by atoms with Crippen molar-refractivity contribution in [1.82, 2.24) is 0 Å². The second-order valence-corrected chi connectivity index (χ2v) is 4.33. The lowest BCUT2D eigenvalue weighted by Gasteiger charge is -2.06. The first-order valence-corrected chi connectivity index (χ1v) is 5.26. The molecule has 0 amide bonds. The van der Waals surface area contributed by atoms with Crippen LogP contribution in [0.1, 0.15) is 20.3 Å². The van der Waals surface area contributed by atoms with E-state index in [1.165, 1.54) is 0 Å². The Morgan fingerprint density at radius 2 is 1.92 bits per heavy atom. The zero-order chi connectivity index (χ0) is 8.91. The highest BCUT2D eigenvalue weighted by Crippen LogP contribution is 1.99. The third-order valence-corrected chi connectivity index (χ3v) is 2.45. The minimum absolute atomic E-state index is 0. The summed E-state index contributed by atoms with van der Waals surface area (Å²) in [5, 5.41) is 0. The van der Waals surface area contributed by atoms with Crippen LogP contribution in [0.5, 0.6) is 0 Å². The van der Waals surface area contributed by atoms with Crippen molar-refractivity contribution in [2.45, 2.75) is 26.4 Å². The van der Waals surface area contributed by atoms with Crippen molar-refractivity contribution in [3.8, 4) is 0 Å². The summed E-state index contributed by atoms with van der Waals surface area (Å²) in [4.78, 5) is 0. The molecule has 0 saturated heterocycles. The largest absolute Gasteiger partial charge is 1.00 e. The van der Waals surface area contributed by atoms with E-state index < -0.39 is 10.1 Å². The van der Waals surface area contributed by atoms with Crippen LogP contribution in [0.4, 0.5) is 0 Å². The van der Waals surface area contributed by atoms with Crippen molar-refractivity contribution in [3.05, 3.63) is 0 Å². The lowest BCUT2D eigenvalue weighted by Crippen LogP contribution is -3.00. The maximum atomic E-state index is 10.9. The highest BCUT2D eigenvalue weighted by molar-refractivity contribution is 7.86. The molecule has 0 spiro atoms. The van der Waals surface area contributed by atoms with Gasteiger partial charge in [0.2, 0.25) is 0 Å². The molecule has 0 radical (unpaired) electrons. The van der Waals surface area contributed by atoms with Gasteiger partial charge >= 0.3 is 0 Å². The fraction of sp³-hybridized carbons (Fsp3) is 1.00. The number of rotatable bonds is 5. The zero-order valence-corrected chi connectivity index (χ0v) is 8.99. The molecule has 0 aromatic rings. The molecule has 3 N–H and O–H groups in total. The van der Waals surface area contributed by atoms with Gasteiger partial charge in [-0.1, -0.05) is 0 Å². The van der Waals surface area contributed by atoms with E-state index in [1.807, 2.05) is 0 Å². The SMILES string of the molecule is CC(C)OS(=O)(=O)CCC[NH3+].[Cl-]. The third-order valence-electron chi connectivity index (χ3n) is 0.983. The van der Waals surface area contributed by atoms with E-state index in [-0.39, 0.29) is 24.3 Å². The van der Waals surface area contributed by atoms with Gasteiger partial charge in [-0.05, 0) is 13.8 Å². The first kappa shape index (κ1) is 14.7. The molecule has 0 bridgehead atoms. The molecule has 0 heterocycles. The van der Waals surface area contributed by atoms with Crippen LogP contribution in [-0.4, -0.2) is 26.8 Å². The Balaban J connectivity index is 0. The Morgan fingerprint density at radius 3 is 2.25 bits per heavy atom. The van der Waals surface area contributed by atoms with Gasteiger partial charge in [0, 0.05) is 6.42 Å². The molecule has 0 aromatic heterocycles. The van der Waals surface area contributed by atoms with Gasteiger partial charge in [0.05, 0.1) is 18.4 Å². The van der Waals surface area contributed by atoms with Crippen molar-refractivity contribution >= 4 is 10.1 Å². The highest BCUT2D eigenvalue weighted by Gasteiger charge is 2.12. The molecule has 0 rings (SSSR count). The molecule has 0 unspecified atom stereocenters. The Morgan fingerprint density at radius 1 is 1.42 bits per heavy atom. The van der Waals surface area contributed by atoms with Gasteiger partial charge in [0.15, 0.2) is 0 Å². The monoisotopic (exact) mass is 217 g/mol. The van der Waals surface area contributed by atoms with Gasteiger partial charge in [0.1, 0.15) is 0 Å². The minimum atomic E-state index is -3.28. The fourth-order valence-corrected chi connectivity index (χ4v) is 1.86. The molecule has 76 valence electrons. The van der Waals surface area contributed by atoms with Crippen molar-refractivity contribution < 1.29 is 30.7 Å². The number of hydrogen-bond acceptors (Lipinski definition) is 3. The van der Waals surface area contributed by atoms with Crippen LogP contribution in [0.3, 0.4) is 0 Å². The molecule has 6 heteroatoms. The van der Waals surface area contributed by atoms with E-state index in [1.54, 1.807) is 13.8 Å². The van der Waals surface area contributed by atoms with Crippen molar-refractivity contribution in [3.63, 3.8) is 0 Å². The van der Waals surface area contributed by atoms with Crippen LogP contribution in [0.15, 0.2) is 0 Å². The molecule has 0 saturated carbocycles. The highest BCUT2D eigenvalue weighted by atomic mass is 35.5. The summed E-state index contributed by atoms with van der Waals surface area (Å²) in [7, 11) is -3.28. The van der Waals surface area contributed by atoms with Gasteiger partial charge in [-0.3, -0.25) is 4.18 Å². The molecule has 0 aromatic carbocycles. The average molecular weight is 218 g/mol. The summed E-state index contributed by atoms with van der Waals surface area (Å²) in [5.41, 5.74) is 3.55. The minimum Gasteiger partial charge on any atom is -1.00 e. The van der Waals surface area contributed by atoms with Crippen LogP contribution in [0, 0.1) is 0 Å².